The van der Waals surface area contributed by atoms with Gasteiger partial charge in [0.1, 0.15) is 0 Å². The highest BCUT2D eigenvalue weighted by atomic mass is 16.3. The number of hydrogen-bond donors (Lipinski definition) is 2. The molecule has 0 heterocycles. The van der Waals surface area contributed by atoms with E-state index in [4.69, 9.17) is 5.11 Å². The van der Waals surface area contributed by atoms with Crippen LogP contribution in [0.5, 0.6) is 0 Å². The molecule has 1 unspecified atom stereocenters. The number of unbranched alkanes of at least 4 members (excludes halogenated alkanes) is 3. The van der Waals surface area contributed by atoms with Crippen molar-refractivity contribution in [1.29, 1.82) is 0 Å². The number of aliphatic hydroxyl groups excluding tert-OH is 1. The van der Waals surface area contributed by atoms with Gasteiger partial charge in [-0.05, 0) is 24.8 Å². The Morgan fingerprint density at radius 1 is 1.13 bits per heavy atom. The average molecular weight is 215 g/mol. The summed E-state index contributed by atoms with van der Waals surface area (Å²) in [5.41, 5.74) is 0.244. The van der Waals surface area contributed by atoms with Crippen molar-refractivity contribution in [3.05, 3.63) is 0 Å². The van der Waals surface area contributed by atoms with Crippen LogP contribution in [0.4, 0.5) is 0 Å². The summed E-state index contributed by atoms with van der Waals surface area (Å²) in [6.45, 7) is 10.3. The van der Waals surface area contributed by atoms with E-state index in [1.54, 1.807) is 0 Å². The maximum absolute atomic E-state index is 9.00. The molecule has 0 aromatic rings. The molecule has 2 heteroatoms. The van der Waals surface area contributed by atoms with Crippen LogP contribution in [0.3, 0.4) is 0 Å². The van der Waals surface area contributed by atoms with Crippen LogP contribution in [0.15, 0.2) is 0 Å². The first-order chi connectivity index (χ1) is 7.02. The van der Waals surface area contributed by atoms with Crippen LogP contribution in [0.25, 0.3) is 0 Å². The Bertz CT molecular complexity index is 140. The van der Waals surface area contributed by atoms with E-state index in [1.165, 1.54) is 25.7 Å². The smallest absolute Gasteiger partial charge is 0.0446 e. The van der Waals surface area contributed by atoms with Gasteiger partial charge in [0.15, 0.2) is 0 Å². The molecule has 2 nitrogen and oxygen atoms in total. The second kappa shape index (κ2) is 8.12. The molecule has 1 atom stereocenters. The zero-order valence-electron chi connectivity index (χ0n) is 11.0. The van der Waals surface area contributed by atoms with Crippen LogP contribution in [0, 0.1) is 5.41 Å². The van der Waals surface area contributed by atoms with Gasteiger partial charge in [-0.15, -0.1) is 0 Å². The summed E-state index contributed by atoms with van der Waals surface area (Å²) in [4.78, 5) is 0. The highest BCUT2D eigenvalue weighted by Crippen LogP contribution is 2.21. The Kier molecular flexibility index (Phi) is 8.07. The first-order valence-electron chi connectivity index (χ1n) is 6.36. The van der Waals surface area contributed by atoms with Gasteiger partial charge in [0.25, 0.3) is 0 Å². The summed E-state index contributed by atoms with van der Waals surface area (Å²) in [7, 11) is 0. The third-order valence-electron chi connectivity index (χ3n) is 2.88. The SMILES string of the molecule is CCCCCCNC(CCO)C(C)(C)C. The molecule has 0 aliphatic rings. The molecule has 0 saturated carbocycles. The molecule has 0 aliphatic carbocycles. The lowest BCUT2D eigenvalue weighted by molar-refractivity contribution is 0.197. The second-order valence-electron chi connectivity index (χ2n) is 5.45. The molecule has 0 fully saturated rings. The lowest BCUT2D eigenvalue weighted by Crippen LogP contribution is -2.41. The fourth-order valence-electron chi connectivity index (χ4n) is 1.80. The molecule has 2 N–H and O–H groups in total. The Hall–Kier alpha value is -0.0800. The minimum Gasteiger partial charge on any atom is -0.396 e. The van der Waals surface area contributed by atoms with Crippen LogP contribution in [0.1, 0.15) is 59.8 Å². The van der Waals surface area contributed by atoms with Gasteiger partial charge in [-0.2, -0.15) is 0 Å². The third kappa shape index (κ3) is 7.80. The van der Waals surface area contributed by atoms with Crippen molar-refractivity contribution >= 4 is 0 Å². The zero-order valence-corrected chi connectivity index (χ0v) is 11.0. The van der Waals surface area contributed by atoms with E-state index >= 15 is 0 Å². The summed E-state index contributed by atoms with van der Waals surface area (Å²) in [6, 6.07) is 0.434. The molecule has 0 aliphatic heterocycles. The molecule has 0 saturated heterocycles. The van der Waals surface area contributed by atoms with Crippen molar-refractivity contribution in [1.82, 2.24) is 5.32 Å². The monoisotopic (exact) mass is 215 g/mol. The Labute approximate surface area is 95.5 Å². The molecule has 92 valence electrons. The van der Waals surface area contributed by atoms with Crippen molar-refractivity contribution in [3.8, 4) is 0 Å². The molecule has 0 bridgehead atoms. The van der Waals surface area contributed by atoms with Gasteiger partial charge in [-0.25, -0.2) is 0 Å². The molecule has 0 radical (unpaired) electrons. The highest BCUT2D eigenvalue weighted by Gasteiger charge is 2.22. The normalized spacial score (nSPS) is 14.2. The molecule has 0 rings (SSSR count). The molecule has 15 heavy (non-hydrogen) atoms. The minimum absolute atomic E-state index is 0.244. The summed E-state index contributed by atoms with van der Waals surface area (Å²) < 4.78 is 0. The summed E-state index contributed by atoms with van der Waals surface area (Å²) in [5.74, 6) is 0. The summed E-state index contributed by atoms with van der Waals surface area (Å²) in [6.07, 6.45) is 6.06. The summed E-state index contributed by atoms with van der Waals surface area (Å²) >= 11 is 0. The first-order valence-corrected chi connectivity index (χ1v) is 6.36. The van der Waals surface area contributed by atoms with Gasteiger partial charge in [-0.1, -0.05) is 47.0 Å². The maximum atomic E-state index is 9.00. The van der Waals surface area contributed by atoms with Crippen LogP contribution in [-0.4, -0.2) is 24.3 Å². The van der Waals surface area contributed by atoms with Crippen LogP contribution >= 0.6 is 0 Å². The van der Waals surface area contributed by atoms with E-state index in [-0.39, 0.29) is 12.0 Å². The largest absolute Gasteiger partial charge is 0.396 e. The molecule has 0 aromatic heterocycles. The van der Waals surface area contributed by atoms with Gasteiger partial charge >= 0.3 is 0 Å². The topological polar surface area (TPSA) is 32.3 Å². The lowest BCUT2D eigenvalue weighted by atomic mass is 9.85. The van der Waals surface area contributed by atoms with Gasteiger partial charge in [0.05, 0.1) is 0 Å². The Morgan fingerprint density at radius 3 is 2.27 bits per heavy atom. The maximum Gasteiger partial charge on any atom is 0.0446 e. The molecular formula is C13H29NO. The van der Waals surface area contributed by atoms with Crippen LogP contribution < -0.4 is 5.32 Å². The fraction of sp³-hybridized carbons (Fsp3) is 1.00. The van der Waals surface area contributed by atoms with E-state index in [2.05, 4.69) is 33.0 Å². The Morgan fingerprint density at radius 2 is 1.80 bits per heavy atom. The molecular weight excluding hydrogens is 186 g/mol. The predicted octanol–water partition coefficient (Wildman–Crippen LogP) is 2.95. The minimum atomic E-state index is 0.244. The van der Waals surface area contributed by atoms with Crippen molar-refractivity contribution in [2.75, 3.05) is 13.2 Å². The van der Waals surface area contributed by atoms with Crippen LogP contribution in [-0.2, 0) is 0 Å². The van der Waals surface area contributed by atoms with Gasteiger partial charge < -0.3 is 10.4 Å². The van der Waals surface area contributed by atoms with E-state index < -0.39 is 0 Å². The van der Waals surface area contributed by atoms with Gasteiger partial charge in [0, 0.05) is 12.6 Å². The third-order valence-corrected chi connectivity index (χ3v) is 2.88. The van der Waals surface area contributed by atoms with Crippen molar-refractivity contribution in [3.63, 3.8) is 0 Å². The number of hydrogen-bond acceptors (Lipinski definition) is 2. The second-order valence-corrected chi connectivity index (χ2v) is 5.45. The first kappa shape index (κ1) is 14.9. The highest BCUT2D eigenvalue weighted by molar-refractivity contribution is 4.79. The van der Waals surface area contributed by atoms with E-state index in [0.29, 0.717) is 6.04 Å². The number of nitrogens with one attached hydrogen (secondary N) is 1. The Balaban J connectivity index is 3.67. The predicted molar refractivity (Wildman–Crippen MR) is 67.1 cm³/mol. The standard InChI is InChI=1S/C13H29NO/c1-5-6-7-8-10-14-12(9-11-15)13(2,3)4/h12,14-15H,5-11H2,1-4H3. The number of rotatable bonds is 8. The fourth-order valence-corrected chi connectivity index (χ4v) is 1.80. The lowest BCUT2D eigenvalue weighted by Gasteiger charge is -2.31. The van der Waals surface area contributed by atoms with E-state index in [9.17, 15) is 0 Å². The molecule has 0 amide bonds. The molecule has 0 spiro atoms. The summed E-state index contributed by atoms with van der Waals surface area (Å²) in [5, 5.41) is 12.6. The van der Waals surface area contributed by atoms with E-state index in [0.717, 1.165) is 13.0 Å². The van der Waals surface area contributed by atoms with Crippen molar-refractivity contribution in [2.24, 2.45) is 5.41 Å². The van der Waals surface area contributed by atoms with Crippen molar-refractivity contribution < 1.29 is 5.11 Å². The van der Waals surface area contributed by atoms with Gasteiger partial charge in [0.2, 0.25) is 0 Å². The van der Waals surface area contributed by atoms with Crippen LogP contribution in [0.2, 0.25) is 0 Å². The van der Waals surface area contributed by atoms with Gasteiger partial charge in [-0.3, -0.25) is 0 Å². The average Bonchev–Trinajstić information content (AvgIpc) is 2.14. The quantitative estimate of drug-likeness (QED) is 0.610. The molecule has 0 aromatic carbocycles. The van der Waals surface area contributed by atoms with Crippen molar-refractivity contribution in [2.45, 2.75) is 65.8 Å². The van der Waals surface area contributed by atoms with E-state index in [1.807, 2.05) is 0 Å². The zero-order chi connectivity index (χ0) is 11.7. The number of aliphatic hydroxyl groups is 1.